The fourth-order valence-corrected chi connectivity index (χ4v) is 3.78. The van der Waals surface area contributed by atoms with Gasteiger partial charge in [-0.25, -0.2) is 0 Å². The van der Waals surface area contributed by atoms with E-state index in [4.69, 9.17) is 4.74 Å². The highest BCUT2D eigenvalue weighted by molar-refractivity contribution is 5.79. The highest BCUT2D eigenvalue weighted by Gasteiger charge is 2.17. The van der Waals surface area contributed by atoms with E-state index in [0.29, 0.717) is 6.10 Å². The molecule has 1 saturated carbocycles. The van der Waals surface area contributed by atoms with Gasteiger partial charge in [-0.15, -0.1) is 0 Å². The summed E-state index contributed by atoms with van der Waals surface area (Å²) in [7, 11) is 1.84. The van der Waals surface area contributed by atoms with Gasteiger partial charge in [-0.05, 0) is 52.0 Å². The van der Waals surface area contributed by atoms with Crippen molar-refractivity contribution in [3.05, 3.63) is 0 Å². The van der Waals surface area contributed by atoms with E-state index < -0.39 is 0 Å². The van der Waals surface area contributed by atoms with E-state index in [-0.39, 0.29) is 0 Å². The minimum Gasteiger partial charge on any atom is -0.378 e. The summed E-state index contributed by atoms with van der Waals surface area (Å²) in [5.41, 5.74) is 0. The maximum Gasteiger partial charge on any atom is 0.190 e. The van der Waals surface area contributed by atoms with Crippen molar-refractivity contribution in [3.8, 4) is 0 Å². The third kappa shape index (κ3) is 7.39. The van der Waals surface area contributed by atoms with Crippen molar-refractivity contribution in [2.75, 3.05) is 39.8 Å². The summed E-state index contributed by atoms with van der Waals surface area (Å²) in [5.74, 6) is 0.919. The van der Waals surface area contributed by atoms with Crippen molar-refractivity contribution in [1.82, 2.24) is 15.5 Å². The number of ether oxygens (including phenoxy) is 1. The SMILES string of the molecule is CN=C(NCCCOC1CCCC1)NCCCN1CCCCC1C. The summed E-state index contributed by atoms with van der Waals surface area (Å²) >= 11 is 0. The second kappa shape index (κ2) is 11.7. The Balaban J connectivity index is 1.46. The van der Waals surface area contributed by atoms with Gasteiger partial charge in [-0.3, -0.25) is 4.99 Å². The number of hydrogen-bond acceptors (Lipinski definition) is 3. The Morgan fingerprint density at radius 1 is 1.04 bits per heavy atom. The topological polar surface area (TPSA) is 48.9 Å². The summed E-state index contributed by atoms with van der Waals surface area (Å²) in [6.07, 6.45) is 12.1. The first-order valence-electron chi connectivity index (χ1n) is 10.1. The molecule has 0 bridgehead atoms. The molecule has 5 heteroatoms. The van der Waals surface area contributed by atoms with E-state index >= 15 is 0 Å². The smallest absolute Gasteiger partial charge is 0.190 e. The van der Waals surface area contributed by atoms with E-state index in [1.54, 1.807) is 0 Å². The Kier molecular flexibility index (Phi) is 9.51. The van der Waals surface area contributed by atoms with Gasteiger partial charge in [0, 0.05) is 39.3 Å². The van der Waals surface area contributed by atoms with Crippen molar-refractivity contribution in [3.63, 3.8) is 0 Å². The van der Waals surface area contributed by atoms with Gasteiger partial charge in [0.2, 0.25) is 0 Å². The predicted octanol–water partition coefficient (Wildman–Crippen LogP) is 2.77. The van der Waals surface area contributed by atoms with Gasteiger partial charge in [0.25, 0.3) is 0 Å². The molecule has 5 nitrogen and oxygen atoms in total. The number of aliphatic imine (C=N–C) groups is 1. The molecule has 2 fully saturated rings. The number of hydrogen-bond donors (Lipinski definition) is 2. The lowest BCUT2D eigenvalue weighted by molar-refractivity contribution is 0.0574. The molecular formula is C19H38N4O. The van der Waals surface area contributed by atoms with Crippen LogP contribution in [0.25, 0.3) is 0 Å². The van der Waals surface area contributed by atoms with E-state index in [1.165, 1.54) is 64.5 Å². The second-order valence-electron chi connectivity index (χ2n) is 7.29. The molecule has 1 saturated heterocycles. The van der Waals surface area contributed by atoms with Gasteiger partial charge in [-0.1, -0.05) is 19.3 Å². The molecule has 2 N–H and O–H groups in total. The molecule has 0 aromatic carbocycles. The number of nitrogens with one attached hydrogen (secondary N) is 2. The number of likely N-dealkylation sites (tertiary alicyclic amines) is 1. The predicted molar refractivity (Wildman–Crippen MR) is 102 cm³/mol. The number of piperidine rings is 1. The quantitative estimate of drug-likeness (QED) is 0.386. The second-order valence-corrected chi connectivity index (χ2v) is 7.29. The molecule has 0 aromatic heterocycles. The van der Waals surface area contributed by atoms with Crippen LogP contribution >= 0.6 is 0 Å². The van der Waals surface area contributed by atoms with Crippen molar-refractivity contribution < 1.29 is 4.74 Å². The van der Waals surface area contributed by atoms with Crippen LogP contribution in [0.3, 0.4) is 0 Å². The van der Waals surface area contributed by atoms with Crippen LogP contribution in [0, 0.1) is 0 Å². The zero-order valence-electron chi connectivity index (χ0n) is 15.9. The van der Waals surface area contributed by atoms with Crippen LogP contribution in [-0.4, -0.2) is 62.8 Å². The Morgan fingerprint density at radius 3 is 2.46 bits per heavy atom. The summed E-state index contributed by atoms with van der Waals surface area (Å²) in [4.78, 5) is 6.93. The van der Waals surface area contributed by atoms with E-state index in [0.717, 1.165) is 38.1 Å². The zero-order valence-corrected chi connectivity index (χ0v) is 15.9. The van der Waals surface area contributed by atoms with Crippen molar-refractivity contribution in [1.29, 1.82) is 0 Å². The molecular weight excluding hydrogens is 300 g/mol. The highest BCUT2D eigenvalue weighted by atomic mass is 16.5. The highest BCUT2D eigenvalue weighted by Crippen LogP contribution is 2.20. The standard InChI is InChI=1S/C19H38N4O/c1-17-9-5-6-14-23(17)15-7-12-21-19(20-2)22-13-8-16-24-18-10-3-4-11-18/h17-18H,3-16H2,1-2H3,(H2,20,21,22). The molecule has 1 aliphatic heterocycles. The molecule has 1 heterocycles. The van der Waals surface area contributed by atoms with E-state index in [9.17, 15) is 0 Å². The van der Waals surface area contributed by atoms with Gasteiger partial charge >= 0.3 is 0 Å². The van der Waals surface area contributed by atoms with Crippen LogP contribution in [0.5, 0.6) is 0 Å². The largest absolute Gasteiger partial charge is 0.378 e. The summed E-state index contributed by atoms with van der Waals surface area (Å²) in [6, 6.07) is 0.760. The van der Waals surface area contributed by atoms with Gasteiger partial charge in [-0.2, -0.15) is 0 Å². The number of nitrogens with zero attached hydrogens (tertiary/aromatic N) is 2. The number of rotatable bonds is 9. The number of guanidine groups is 1. The molecule has 0 radical (unpaired) electrons. The average Bonchev–Trinajstić information content (AvgIpc) is 3.11. The molecule has 1 unspecified atom stereocenters. The van der Waals surface area contributed by atoms with Crippen LogP contribution in [-0.2, 0) is 4.74 Å². The zero-order chi connectivity index (χ0) is 17.0. The first-order valence-corrected chi connectivity index (χ1v) is 10.1. The van der Waals surface area contributed by atoms with Gasteiger partial charge in [0.05, 0.1) is 6.10 Å². The van der Waals surface area contributed by atoms with Gasteiger partial charge in [0.15, 0.2) is 5.96 Å². The van der Waals surface area contributed by atoms with Crippen LogP contribution in [0.1, 0.15) is 64.7 Å². The fourth-order valence-electron chi connectivity index (χ4n) is 3.78. The molecule has 0 amide bonds. The summed E-state index contributed by atoms with van der Waals surface area (Å²) in [5, 5.41) is 6.81. The monoisotopic (exact) mass is 338 g/mol. The lowest BCUT2D eigenvalue weighted by Gasteiger charge is -2.33. The van der Waals surface area contributed by atoms with E-state index in [1.807, 2.05) is 7.05 Å². The maximum absolute atomic E-state index is 5.89. The normalized spacial score (nSPS) is 23.6. The first kappa shape index (κ1) is 19.5. The van der Waals surface area contributed by atoms with Gasteiger partial charge in [0.1, 0.15) is 0 Å². The van der Waals surface area contributed by atoms with Crippen LogP contribution < -0.4 is 10.6 Å². The van der Waals surface area contributed by atoms with Crippen LogP contribution in [0.4, 0.5) is 0 Å². The van der Waals surface area contributed by atoms with Crippen molar-refractivity contribution >= 4 is 5.96 Å². The average molecular weight is 339 g/mol. The van der Waals surface area contributed by atoms with Crippen LogP contribution in [0.2, 0.25) is 0 Å². The minimum absolute atomic E-state index is 0.527. The molecule has 24 heavy (non-hydrogen) atoms. The van der Waals surface area contributed by atoms with Crippen LogP contribution in [0.15, 0.2) is 4.99 Å². The lowest BCUT2D eigenvalue weighted by atomic mass is 10.0. The minimum atomic E-state index is 0.527. The third-order valence-electron chi connectivity index (χ3n) is 5.35. The van der Waals surface area contributed by atoms with Gasteiger partial charge < -0.3 is 20.3 Å². The molecule has 0 aromatic rings. The fraction of sp³-hybridized carbons (Fsp3) is 0.947. The molecule has 2 aliphatic rings. The molecule has 140 valence electrons. The Morgan fingerprint density at radius 2 is 1.75 bits per heavy atom. The molecule has 1 atom stereocenters. The Bertz CT molecular complexity index is 355. The summed E-state index contributed by atoms with van der Waals surface area (Å²) in [6.45, 7) is 7.61. The van der Waals surface area contributed by atoms with Crippen molar-refractivity contribution in [2.24, 2.45) is 4.99 Å². The third-order valence-corrected chi connectivity index (χ3v) is 5.35. The lowest BCUT2D eigenvalue weighted by Crippen LogP contribution is -2.41. The van der Waals surface area contributed by atoms with Crippen molar-refractivity contribution in [2.45, 2.75) is 76.9 Å². The molecule has 1 aliphatic carbocycles. The van der Waals surface area contributed by atoms with E-state index in [2.05, 4.69) is 27.4 Å². The first-order chi connectivity index (χ1) is 11.8. The Labute approximate surface area is 148 Å². The Hall–Kier alpha value is -0.810. The molecule has 2 rings (SSSR count). The summed E-state index contributed by atoms with van der Waals surface area (Å²) < 4.78 is 5.89. The molecule has 0 spiro atoms. The maximum atomic E-state index is 5.89.